The average Bonchev–Trinajstić information content (AvgIpc) is 3.27. The Kier molecular flexibility index (Phi) is 20.3. The van der Waals surface area contributed by atoms with Gasteiger partial charge >= 0.3 is 5.97 Å². The first-order valence-electron chi connectivity index (χ1n) is 23.5. The Hall–Kier alpha value is -3.37. The highest BCUT2D eigenvalue weighted by molar-refractivity contribution is 6.39. The summed E-state index contributed by atoms with van der Waals surface area (Å²) in [6.45, 7) is 12.4. The maximum atomic E-state index is 14.3. The van der Waals surface area contributed by atoms with Crippen molar-refractivity contribution in [3.8, 4) is 0 Å². The molecule has 4 rings (SSSR count). The molecule has 1 amide bonds. The van der Waals surface area contributed by atoms with E-state index in [-0.39, 0.29) is 54.6 Å². The van der Waals surface area contributed by atoms with Crippen LogP contribution in [0.3, 0.4) is 0 Å². The molecule has 0 aromatic rings. The lowest BCUT2D eigenvalue weighted by molar-refractivity contribution is -0.265. The lowest BCUT2D eigenvalue weighted by Crippen LogP contribution is -2.61. The van der Waals surface area contributed by atoms with Crippen molar-refractivity contribution in [1.82, 2.24) is 4.90 Å². The van der Waals surface area contributed by atoms with Gasteiger partial charge in [0.15, 0.2) is 5.78 Å². The normalized spacial score (nSPS) is 40.9. The first-order chi connectivity index (χ1) is 30.2. The fourth-order valence-electron chi connectivity index (χ4n) is 9.89. The number of Topliss-reactive ketones (excluding diaryl/α,β-unsaturated/α-hetero) is 3. The number of aliphatic hydroxyl groups is 4. The molecule has 3 fully saturated rings. The number of ether oxygens (including phenoxy) is 4. The van der Waals surface area contributed by atoms with E-state index in [0.717, 1.165) is 5.57 Å². The molecular formula is C50H77NO13. The fourth-order valence-corrected chi connectivity index (χ4v) is 9.89. The summed E-state index contributed by atoms with van der Waals surface area (Å²) in [7, 11) is 3.12. The number of allylic oxidation sites excluding steroid dienone is 6. The van der Waals surface area contributed by atoms with E-state index in [1.165, 1.54) is 11.0 Å². The molecule has 64 heavy (non-hydrogen) atoms. The van der Waals surface area contributed by atoms with E-state index in [1.807, 2.05) is 51.2 Å². The Balaban J connectivity index is 1.69. The van der Waals surface area contributed by atoms with Gasteiger partial charge in [0.05, 0.1) is 24.4 Å². The highest BCUT2D eigenvalue weighted by Gasteiger charge is 2.53. The molecule has 15 atom stereocenters. The van der Waals surface area contributed by atoms with Gasteiger partial charge in [-0.2, -0.15) is 0 Å². The van der Waals surface area contributed by atoms with Crippen LogP contribution in [0, 0.1) is 35.5 Å². The zero-order valence-corrected chi connectivity index (χ0v) is 39.6. The van der Waals surface area contributed by atoms with Crippen LogP contribution < -0.4 is 0 Å². The van der Waals surface area contributed by atoms with Crippen molar-refractivity contribution in [1.29, 1.82) is 0 Å². The van der Waals surface area contributed by atoms with Gasteiger partial charge in [-0.05, 0) is 107 Å². The van der Waals surface area contributed by atoms with Gasteiger partial charge in [0.2, 0.25) is 5.79 Å². The summed E-state index contributed by atoms with van der Waals surface area (Å²) in [5, 5.41) is 44.5. The SMILES string of the molecule is CO[C@H]1C[C@@H]2CC[C@@H](C)[C@@](O)(O2)C(=O)C(=O)N2CCCC[C@H]2C(=O)O[C@H]([C@H](C)C[C@@H]2CC[C@@H](O)[C@H](OC)C2)CC(=O)[C@H](C)/C=C(\C)[C@@H](O)[C@@H](O)C(=O)[C@H](C)C[C@H](C)/C=C/C=C/C=C/1C. The topological polar surface area (TPSA) is 206 Å². The average molecular weight is 900 g/mol. The summed E-state index contributed by atoms with van der Waals surface area (Å²) in [5.41, 5.74) is 1.11. The van der Waals surface area contributed by atoms with Gasteiger partial charge in [0.25, 0.3) is 11.7 Å². The molecule has 0 aromatic carbocycles. The van der Waals surface area contributed by atoms with Crippen LogP contribution in [0.4, 0.5) is 0 Å². The van der Waals surface area contributed by atoms with Crippen molar-refractivity contribution in [3.63, 3.8) is 0 Å². The molecule has 14 nitrogen and oxygen atoms in total. The van der Waals surface area contributed by atoms with E-state index >= 15 is 0 Å². The van der Waals surface area contributed by atoms with E-state index in [2.05, 4.69) is 0 Å². The molecule has 0 aromatic heterocycles. The Morgan fingerprint density at radius 2 is 1.56 bits per heavy atom. The molecule has 14 heteroatoms. The second kappa shape index (κ2) is 24.4. The minimum atomic E-state index is -2.44. The number of hydrogen-bond acceptors (Lipinski definition) is 13. The van der Waals surface area contributed by atoms with Crippen molar-refractivity contribution in [2.24, 2.45) is 35.5 Å². The zero-order chi connectivity index (χ0) is 47.5. The number of carbonyl (C=O) groups excluding carboxylic acids is 5. The van der Waals surface area contributed by atoms with Crippen LogP contribution in [0.2, 0.25) is 0 Å². The van der Waals surface area contributed by atoms with Gasteiger partial charge in [-0.1, -0.05) is 71.1 Å². The van der Waals surface area contributed by atoms with E-state index < -0.39 is 89.6 Å². The Morgan fingerprint density at radius 1 is 0.844 bits per heavy atom. The number of aliphatic hydroxyl groups excluding tert-OH is 3. The van der Waals surface area contributed by atoms with Gasteiger partial charge in [0.1, 0.15) is 30.1 Å². The second-order valence-corrected chi connectivity index (χ2v) is 19.4. The van der Waals surface area contributed by atoms with E-state index in [4.69, 9.17) is 18.9 Å². The smallest absolute Gasteiger partial charge is 0.329 e. The predicted molar refractivity (Wildman–Crippen MR) is 240 cm³/mol. The van der Waals surface area contributed by atoms with Gasteiger partial charge < -0.3 is 44.3 Å². The number of amides is 1. The third-order valence-electron chi connectivity index (χ3n) is 14.2. The maximum absolute atomic E-state index is 14.3. The first kappa shape index (κ1) is 53.2. The Bertz CT molecular complexity index is 1740. The molecule has 0 radical (unpaired) electrons. The monoisotopic (exact) mass is 900 g/mol. The second-order valence-electron chi connectivity index (χ2n) is 19.4. The molecule has 4 aliphatic rings. The molecule has 1 aliphatic carbocycles. The fraction of sp³-hybridized carbons (Fsp3) is 0.740. The summed E-state index contributed by atoms with van der Waals surface area (Å²) >= 11 is 0. The van der Waals surface area contributed by atoms with Crippen LogP contribution in [0.25, 0.3) is 0 Å². The Labute approximate surface area is 380 Å². The quantitative estimate of drug-likeness (QED) is 0.153. The molecule has 4 N–H and O–H groups in total. The van der Waals surface area contributed by atoms with Crippen LogP contribution >= 0.6 is 0 Å². The summed E-state index contributed by atoms with van der Waals surface area (Å²) in [5.74, 6) is -8.59. The van der Waals surface area contributed by atoms with Crippen LogP contribution in [0.15, 0.2) is 47.6 Å². The molecule has 3 heterocycles. The third-order valence-corrected chi connectivity index (χ3v) is 14.2. The van der Waals surface area contributed by atoms with Crippen molar-refractivity contribution >= 4 is 29.2 Å². The van der Waals surface area contributed by atoms with E-state index in [0.29, 0.717) is 64.2 Å². The largest absolute Gasteiger partial charge is 0.460 e. The summed E-state index contributed by atoms with van der Waals surface area (Å²) < 4.78 is 23.7. The van der Waals surface area contributed by atoms with Crippen LogP contribution in [0.5, 0.6) is 0 Å². The highest BCUT2D eigenvalue weighted by atomic mass is 16.6. The summed E-state index contributed by atoms with van der Waals surface area (Å²) in [6, 6.07) is -1.15. The molecule has 360 valence electrons. The molecule has 0 spiro atoms. The van der Waals surface area contributed by atoms with Crippen LogP contribution in [-0.2, 0) is 42.9 Å². The number of nitrogens with zero attached hydrogens (tertiary/aromatic N) is 1. The molecule has 2 saturated heterocycles. The summed E-state index contributed by atoms with van der Waals surface area (Å²) in [6.07, 6.45) is 9.84. The number of hydrogen-bond donors (Lipinski definition) is 4. The van der Waals surface area contributed by atoms with E-state index in [1.54, 1.807) is 41.9 Å². The molecule has 2 bridgehead atoms. The number of rotatable bonds is 5. The molecule has 3 aliphatic heterocycles. The number of fused-ring (bicyclic) bond motifs is 3. The minimum absolute atomic E-state index is 0.0365. The van der Waals surface area contributed by atoms with E-state index in [9.17, 15) is 44.4 Å². The van der Waals surface area contributed by atoms with Gasteiger partial charge in [0, 0.05) is 51.4 Å². The van der Waals surface area contributed by atoms with Crippen molar-refractivity contribution < 1.29 is 63.3 Å². The number of carbonyl (C=O) groups is 5. The molecular weight excluding hydrogens is 823 g/mol. The highest BCUT2D eigenvalue weighted by Crippen LogP contribution is 2.38. The van der Waals surface area contributed by atoms with Crippen molar-refractivity contribution in [2.45, 2.75) is 180 Å². The number of methoxy groups -OCH3 is 2. The van der Waals surface area contributed by atoms with Crippen LogP contribution in [-0.4, -0.2) is 130 Å². The third kappa shape index (κ3) is 13.8. The molecule has 0 unspecified atom stereocenters. The molecule has 1 saturated carbocycles. The Morgan fingerprint density at radius 3 is 2.25 bits per heavy atom. The number of piperidine rings is 1. The van der Waals surface area contributed by atoms with Crippen molar-refractivity contribution in [3.05, 3.63) is 47.6 Å². The number of esters is 1. The zero-order valence-electron chi connectivity index (χ0n) is 39.6. The lowest BCUT2D eigenvalue weighted by Gasteiger charge is -2.42. The van der Waals surface area contributed by atoms with Gasteiger partial charge in [-0.25, -0.2) is 4.79 Å². The predicted octanol–water partition coefficient (Wildman–Crippen LogP) is 5.53. The first-order valence-corrected chi connectivity index (χ1v) is 23.5. The van der Waals surface area contributed by atoms with Gasteiger partial charge in [-0.15, -0.1) is 0 Å². The lowest BCUT2D eigenvalue weighted by atomic mass is 9.78. The van der Waals surface area contributed by atoms with Crippen molar-refractivity contribution in [2.75, 3.05) is 20.8 Å². The number of cyclic esters (lactones) is 1. The maximum Gasteiger partial charge on any atom is 0.329 e. The van der Waals surface area contributed by atoms with Crippen LogP contribution in [0.1, 0.15) is 126 Å². The minimum Gasteiger partial charge on any atom is -0.460 e. The summed E-state index contributed by atoms with van der Waals surface area (Å²) in [4.78, 5) is 71.2. The number of ketones is 3. The standard InChI is InChI=1S/C50H77NO13/c1-29-15-11-10-12-16-30(2)41(61-8)27-37-20-18-35(7)50(60,64-37)47(57)48(58)51-22-14-13-17-38(51)49(59)63-42(32(4)25-36-19-21-39(52)43(26-36)62-9)28-40(53)31(3)24-34(6)45(55)46(56)44(54)33(5)23-29/h10-12,15-16,24,29,31-33,35-39,41-43,45-46,52,55-56,60H,13-14,17-23,25-28H2,1-9H3/b12-10+,15-11+,30-16+,34-24+/t29-,31-,32-,33-,35-,36+,37+,38+,39-,41+,42+,43-,45-,46+,50-/m1/s1. The van der Waals surface area contributed by atoms with Gasteiger partial charge in [-0.3, -0.25) is 19.2 Å².